The van der Waals surface area contributed by atoms with Crippen LogP contribution < -0.4 is 0 Å². The van der Waals surface area contributed by atoms with Gasteiger partial charge >= 0.3 is 0 Å². The zero-order valence-corrected chi connectivity index (χ0v) is 10.6. The van der Waals surface area contributed by atoms with Gasteiger partial charge in [0.05, 0.1) is 0 Å². The van der Waals surface area contributed by atoms with Gasteiger partial charge in [0, 0.05) is 11.9 Å². The summed E-state index contributed by atoms with van der Waals surface area (Å²) in [5, 5.41) is 0. The summed E-state index contributed by atoms with van der Waals surface area (Å²) >= 11 is 2.05. The van der Waals surface area contributed by atoms with E-state index in [4.69, 9.17) is 0 Å². The van der Waals surface area contributed by atoms with Gasteiger partial charge < -0.3 is 0 Å². The smallest absolute Gasteiger partial charge is 0.0411 e. The lowest BCUT2D eigenvalue weighted by atomic mass is 10.1. The van der Waals surface area contributed by atoms with E-state index in [1.807, 2.05) is 12.3 Å². The minimum absolute atomic E-state index is 0.849. The number of rotatable bonds is 7. The van der Waals surface area contributed by atoms with Crippen LogP contribution >= 0.6 is 11.8 Å². The molecule has 15 heavy (non-hydrogen) atoms. The van der Waals surface area contributed by atoms with Crippen molar-refractivity contribution in [1.29, 1.82) is 0 Å². The summed E-state index contributed by atoms with van der Waals surface area (Å²) in [7, 11) is 0. The second-order valence-corrected chi connectivity index (χ2v) is 5.44. The predicted molar refractivity (Wildman–Crippen MR) is 69.3 cm³/mol. The van der Waals surface area contributed by atoms with Gasteiger partial charge in [-0.15, -0.1) is 0 Å². The van der Waals surface area contributed by atoms with Crippen LogP contribution in [0.25, 0.3) is 0 Å². The number of nitrogens with zero attached hydrogens (tertiary/aromatic N) is 1. The van der Waals surface area contributed by atoms with E-state index in [1.54, 1.807) is 0 Å². The first kappa shape index (κ1) is 12.6. The van der Waals surface area contributed by atoms with Crippen molar-refractivity contribution >= 4 is 11.8 Å². The number of pyridine rings is 1. The van der Waals surface area contributed by atoms with Crippen molar-refractivity contribution < 1.29 is 0 Å². The highest BCUT2D eigenvalue weighted by molar-refractivity contribution is 7.99. The average Bonchev–Trinajstić information content (AvgIpc) is 2.24. The Morgan fingerprint density at radius 2 is 2.13 bits per heavy atom. The predicted octanol–water partition coefficient (Wildman–Crippen LogP) is 3.79. The molecule has 84 valence electrons. The van der Waals surface area contributed by atoms with Gasteiger partial charge in [0.1, 0.15) is 0 Å². The molecule has 0 saturated heterocycles. The van der Waals surface area contributed by atoms with Gasteiger partial charge in [0.25, 0.3) is 0 Å². The summed E-state index contributed by atoms with van der Waals surface area (Å²) in [6.45, 7) is 4.58. The third kappa shape index (κ3) is 6.56. The zero-order chi connectivity index (χ0) is 10.9. The molecule has 0 radical (unpaired) electrons. The molecule has 0 saturated carbocycles. The van der Waals surface area contributed by atoms with Gasteiger partial charge in [0.2, 0.25) is 0 Å². The minimum Gasteiger partial charge on any atom is -0.261 e. The van der Waals surface area contributed by atoms with Crippen molar-refractivity contribution in [3.8, 4) is 0 Å². The van der Waals surface area contributed by atoms with E-state index in [2.05, 4.69) is 42.7 Å². The number of hydrogen-bond donors (Lipinski definition) is 0. The molecule has 2 heteroatoms. The molecule has 0 unspecified atom stereocenters. The molecular weight excluding hydrogens is 202 g/mol. The van der Waals surface area contributed by atoms with Gasteiger partial charge in [-0.2, -0.15) is 11.8 Å². The molecule has 1 heterocycles. The average molecular weight is 223 g/mol. The number of aryl methyl sites for hydroxylation is 1. The van der Waals surface area contributed by atoms with Crippen LogP contribution in [0.15, 0.2) is 24.4 Å². The lowest BCUT2D eigenvalue weighted by molar-refractivity contribution is 0.579. The van der Waals surface area contributed by atoms with E-state index in [9.17, 15) is 0 Å². The van der Waals surface area contributed by atoms with Crippen LogP contribution in [-0.2, 0) is 6.42 Å². The lowest BCUT2D eigenvalue weighted by Gasteiger charge is -2.04. The minimum atomic E-state index is 0.849. The second kappa shape index (κ2) is 7.75. The SMILES string of the molecule is CC(C)CCCSCCc1ccccn1. The Hall–Kier alpha value is -0.500. The molecule has 1 aromatic heterocycles. The normalized spacial score (nSPS) is 10.9. The van der Waals surface area contributed by atoms with Crippen LogP contribution in [0.4, 0.5) is 0 Å². The maximum atomic E-state index is 4.31. The molecule has 0 N–H and O–H groups in total. The fourth-order valence-corrected chi connectivity index (χ4v) is 2.35. The summed E-state index contributed by atoms with van der Waals surface area (Å²) in [4.78, 5) is 4.31. The van der Waals surface area contributed by atoms with Crippen LogP contribution in [-0.4, -0.2) is 16.5 Å². The number of thioether (sulfide) groups is 1. The molecule has 1 rings (SSSR count). The van der Waals surface area contributed by atoms with Crippen molar-refractivity contribution in [2.75, 3.05) is 11.5 Å². The second-order valence-electron chi connectivity index (χ2n) is 4.22. The Morgan fingerprint density at radius 3 is 2.80 bits per heavy atom. The van der Waals surface area contributed by atoms with Crippen LogP contribution in [0.2, 0.25) is 0 Å². The maximum Gasteiger partial charge on any atom is 0.0411 e. The Balaban J connectivity index is 1.98. The fourth-order valence-electron chi connectivity index (χ4n) is 1.42. The third-order valence-corrected chi connectivity index (χ3v) is 3.37. The van der Waals surface area contributed by atoms with Crippen molar-refractivity contribution in [2.24, 2.45) is 5.92 Å². The summed E-state index contributed by atoms with van der Waals surface area (Å²) in [5.74, 6) is 3.35. The molecule has 1 nitrogen and oxygen atoms in total. The Labute approximate surface area is 97.7 Å². The highest BCUT2D eigenvalue weighted by atomic mass is 32.2. The highest BCUT2D eigenvalue weighted by Crippen LogP contribution is 2.11. The molecule has 0 amide bonds. The van der Waals surface area contributed by atoms with E-state index in [0.29, 0.717) is 0 Å². The number of hydrogen-bond acceptors (Lipinski definition) is 2. The van der Waals surface area contributed by atoms with Crippen LogP contribution in [0.3, 0.4) is 0 Å². The molecule has 0 aliphatic rings. The van der Waals surface area contributed by atoms with Gasteiger partial charge in [-0.25, -0.2) is 0 Å². The molecule has 0 bridgehead atoms. The summed E-state index contributed by atoms with van der Waals surface area (Å²) in [6, 6.07) is 6.14. The Bertz CT molecular complexity index is 246. The van der Waals surface area contributed by atoms with Gasteiger partial charge in [-0.05, 0) is 42.4 Å². The fraction of sp³-hybridized carbons (Fsp3) is 0.615. The Kier molecular flexibility index (Phi) is 6.49. The summed E-state index contributed by atoms with van der Waals surface area (Å²) < 4.78 is 0. The summed E-state index contributed by atoms with van der Waals surface area (Å²) in [6.07, 6.45) is 5.69. The van der Waals surface area contributed by atoms with Crippen molar-refractivity contribution in [2.45, 2.75) is 33.1 Å². The van der Waals surface area contributed by atoms with E-state index >= 15 is 0 Å². The quantitative estimate of drug-likeness (QED) is 0.652. The highest BCUT2D eigenvalue weighted by Gasteiger charge is 1.96. The zero-order valence-electron chi connectivity index (χ0n) is 9.78. The largest absolute Gasteiger partial charge is 0.261 e. The van der Waals surface area contributed by atoms with E-state index in [1.165, 1.54) is 30.0 Å². The van der Waals surface area contributed by atoms with Crippen LogP contribution in [0, 0.1) is 5.92 Å². The molecule has 0 fully saturated rings. The topological polar surface area (TPSA) is 12.9 Å². The maximum absolute atomic E-state index is 4.31. The van der Waals surface area contributed by atoms with Crippen molar-refractivity contribution in [1.82, 2.24) is 4.98 Å². The van der Waals surface area contributed by atoms with Gasteiger partial charge in [-0.3, -0.25) is 4.98 Å². The molecule has 0 atom stereocenters. The standard InChI is InChI=1S/C13H21NS/c1-12(2)6-5-10-15-11-8-13-7-3-4-9-14-13/h3-4,7,9,12H,5-6,8,10-11H2,1-2H3. The Morgan fingerprint density at radius 1 is 1.27 bits per heavy atom. The molecule has 0 spiro atoms. The molecule has 0 aliphatic heterocycles. The lowest BCUT2D eigenvalue weighted by Crippen LogP contribution is -1.94. The van der Waals surface area contributed by atoms with E-state index < -0.39 is 0 Å². The molecule has 0 aliphatic carbocycles. The number of aromatic nitrogens is 1. The van der Waals surface area contributed by atoms with Crippen molar-refractivity contribution in [3.05, 3.63) is 30.1 Å². The van der Waals surface area contributed by atoms with Crippen LogP contribution in [0.5, 0.6) is 0 Å². The summed E-state index contributed by atoms with van der Waals surface area (Å²) in [5.41, 5.74) is 1.22. The van der Waals surface area contributed by atoms with E-state index in [-0.39, 0.29) is 0 Å². The first-order valence-corrected chi connectivity index (χ1v) is 6.92. The first-order valence-electron chi connectivity index (χ1n) is 5.76. The van der Waals surface area contributed by atoms with Crippen molar-refractivity contribution in [3.63, 3.8) is 0 Å². The van der Waals surface area contributed by atoms with Crippen LogP contribution in [0.1, 0.15) is 32.4 Å². The van der Waals surface area contributed by atoms with Gasteiger partial charge in [-0.1, -0.05) is 26.3 Å². The molecule has 1 aromatic rings. The van der Waals surface area contributed by atoms with Gasteiger partial charge in [0.15, 0.2) is 0 Å². The monoisotopic (exact) mass is 223 g/mol. The molecule has 0 aromatic carbocycles. The first-order chi connectivity index (χ1) is 7.29. The third-order valence-electron chi connectivity index (χ3n) is 2.30. The molecular formula is C13H21NS. The van der Waals surface area contributed by atoms with E-state index in [0.717, 1.165) is 12.3 Å².